The average Bonchev–Trinajstić information content (AvgIpc) is 3.23. The van der Waals surface area contributed by atoms with Gasteiger partial charge in [0.25, 0.3) is 11.7 Å². The molecule has 1 atom stereocenters. The number of benzene rings is 2. The van der Waals surface area contributed by atoms with Crippen LogP contribution in [0.25, 0.3) is 5.76 Å². The zero-order valence-electron chi connectivity index (χ0n) is 25.4. The molecule has 2 aromatic carbocycles. The van der Waals surface area contributed by atoms with Crippen LogP contribution in [0.2, 0.25) is 0 Å². The summed E-state index contributed by atoms with van der Waals surface area (Å²) in [5, 5.41) is 11.4. The summed E-state index contributed by atoms with van der Waals surface area (Å²) in [6.07, 6.45) is 2.48. The van der Waals surface area contributed by atoms with E-state index in [4.69, 9.17) is 14.2 Å². The molecule has 8 nitrogen and oxygen atoms in total. The molecule has 1 N–H and O–H groups in total. The number of amides is 1. The molecular weight excluding hydrogens is 520 g/mol. The Balaban J connectivity index is 2.02. The molecule has 2 aromatic rings. The lowest BCUT2D eigenvalue weighted by Crippen LogP contribution is -2.33. The third kappa shape index (κ3) is 8.03. The maximum Gasteiger partial charge on any atom is 0.295 e. The summed E-state index contributed by atoms with van der Waals surface area (Å²) in [4.78, 5) is 30.7. The van der Waals surface area contributed by atoms with Crippen LogP contribution >= 0.6 is 0 Å². The number of hydrogen-bond donors (Lipinski definition) is 1. The van der Waals surface area contributed by atoms with E-state index in [-0.39, 0.29) is 11.3 Å². The van der Waals surface area contributed by atoms with E-state index in [9.17, 15) is 14.7 Å². The van der Waals surface area contributed by atoms with Crippen molar-refractivity contribution in [1.82, 2.24) is 9.80 Å². The Morgan fingerprint density at radius 1 is 0.976 bits per heavy atom. The van der Waals surface area contributed by atoms with Crippen LogP contribution in [-0.2, 0) is 9.59 Å². The van der Waals surface area contributed by atoms with Crippen LogP contribution < -0.4 is 14.2 Å². The number of ketones is 1. The first-order valence-electron chi connectivity index (χ1n) is 14.8. The molecule has 1 aliphatic heterocycles. The van der Waals surface area contributed by atoms with Crippen molar-refractivity contribution in [3.63, 3.8) is 0 Å². The average molecular weight is 567 g/mol. The monoisotopic (exact) mass is 566 g/mol. The molecule has 1 fully saturated rings. The molecule has 1 saturated heterocycles. The molecule has 1 heterocycles. The van der Waals surface area contributed by atoms with Gasteiger partial charge in [0.15, 0.2) is 11.5 Å². The van der Waals surface area contributed by atoms with Gasteiger partial charge in [-0.05, 0) is 86.8 Å². The first kappa shape index (κ1) is 32.0. The van der Waals surface area contributed by atoms with Crippen LogP contribution in [0.4, 0.5) is 0 Å². The van der Waals surface area contributed by atoms with Crippen molar-refractivity contribution in [1.29, 1.82) is 0 Å². The molecule has 3 rings (SSSR count). The summed E-state index contributed by atoms with van der Waals surface area (Å²) in [6.45, 7) is 14.6. The van der Waals surface area contributed by atoms with Crippen molar-refractivity contribution in [2.24, 2.45) is 5.92 Å². The van der Waals surface area contributed by atoms with Gasteiger partial charge in [-0.15, -0.1) is 0 Å². The van der Waals surface area contributed by atoms with Gasteiger partial charge < -0.3 is 29.1 Å². The molecule has 41 heavy (non-hydrogen) atoms. The van der Waals surface area contributed by atoms with Crippen molar-refractivity contribution >= 4 is 17.4 Å². The number of rotatable bonds is 16. The highest BCUT2D eigenvalue weighted by molar-refractivity contribution is 6.46. The largest absolute Gasteiger partial charge is 0.507 e. The first-order valence-corrected chi connectivity index (χ1v) is 14.8. The van der Waals surface area contributed by atoms with E-state index < -0.39 is 17.7 Å². The second-order valence-electron chi connectivity index (χ2n) is 10.7. The predicted molar refractivity (Wildman–Crippen MR) is 162 cm³/mol. The van der Waals surface area contributed by atoms with Crippen molar-refractivity contribution in [2.75, 3.05) is 46.5 Å². The molecule has 1 amide bonds. The van der Waals surface area contributed by atoms with Crippen LogP contribution in [-0.4, -0.2) is 73.1 Å². The number of aliphatic hydroxyl groups is 1. The Kier molecular flexibility index (Phi) is 12.1. The number of hydrogen-bond acceptors (Lipinski definition) is 7. The maximum absolute atomic E-state index is 13.5. The number of Topliss-reactive ketones (excluding diaryl/α,β-unsaturated/α-hetero) is 1. The van der Waals surface area contributed by atoms with Gasteiger partial charge in [0.2, 0.25) is 0 Å². The quantitative estimate of drug-likeness (QED) is 0.150. The molecule has 0 radical (unpaired) electrons. The van der Waals surface area contributed by atoms with Gasteiger partial charge in [0, 0.05) is 12.1 Å². The van der Waals surface area contributed by atoms with E-state index in [0.29, 0.717) is 60.5 Å². The normalized spacial score (nSPS) is 16.6. The van der Waals surface area contributed by atoms with E-state index in [1.807, 2.05) is 19.1 Å². The summed E-state index contributed by atoms with van der Waals surface area (Å²) >= 11 is 0. The highest BCUT2D eigenvalue weighted by Gasteiger charge is 2.46. The minimum absolute atomic E-state index is 0.0654. The Morgan fingerprint density at radius 2 is 1.68 bits per heavy atom. The minimum Gasteiger partial charge on any atom is -0.507 e. The summed E-state index contributed by atoms with van der Waals surface area (Å²) in [5.41, 5.74) is 1.18. The van der Waals surface area contributed by atoms with Crippen LogP contribution in [0, 0.1) is 5.92 Å². The van der Waals surface area contributed by atoms with Crippen LogP contribution in [0.15, 0.2) is 48.0 Å². The van der Waals surface area contributed by atoms with Crippen molar-refractivity contribution in [3.05, 3.63) is 59.2 Å². The van der Waals surface area contributed by atoms with Gasteiger partial charge in [-0.3, -0.25) is 9.59 Å². The van der Waals surface area contributed by atoms with E-state index in [1.165, 1.54) is 0 Å². The number of ether oxygens (including phenoxy) is 3. The van der Waals surface area contributed by atoms with Gasteiger partial charge in [-0.2, -0.15) is 0 Å². The second kappa shape index (κ2) is 15.5. The van der Waals surface area contributed by atoms with E-state index in [2.05, 4.69) is 32.6 Å². The topological polar surface area (TPSA) is 88.5 Å². The molecule has 224 valence electrons. The van der Waals surface area contributed by atoms with Crippen molar-refractivity contribution in [3.8, 4) is 17.2 Å². The lowest BCUT2D eigenvalue weighted by Gasteiger charge is -2.27. The number of likely N-dealkylation sites (tertiary alicyclic amines) is 1. The minimum atomic E-state index is -0.763. The van der Waals surface area contributed by atoms with Gasteiger partial charge in [0.1, 0.15) is 11.5 Å². The molecule has 0 aliphatic carbocycles. The van der Waals surface area contributed by atoms with Gasteiger partial charge in [0.05, 0.1) is 31.9 Å². The highest BCUT2D eigenvalue weighted by Crippen LogP contribution is 2.42. The first-order chi connectivity index (χ1) is 19.7. The molecule has 0 unspecified atom stereocenters. The zero-order chi connectivity index (χ0) is 29.9. The summed E-state index contributed by atoms with van der Waals surface area (Å²) in [5.74, 6) is 0.764. The van der Waals surface area contributed by atoms with E-state index in [0.717, 1.165) is 32.5 Å². The van der Waals surface area contributed by atoms with Gasteiger partial charge in [-0.1, -0.05) is 40.7 Å². The fourth-order valence-electron chi connectivity index (χ4n) is 4.92. The second-order valence-corrected chi connectivity index (χ2v) is 10.7. The fourth-order valence-corrected chi connectivity index (χ4v) is 4.92. The number of carbonyl (C=O) groups is 2. The Labute approximate surface area is 244 Å². The zero-order valence-corrected chi connectivity index (χ0v) is 25.4. The summed E-state index contributed by atoms with van der Waals surface area (Å²) in [7, 11) is 1.57. The van der Waals surface area contributed by atoms with Crippen molar-refractivity contribution < 1.29 is 28.9 Å². The van der Waals surface area contributed by atoms with Gasteiger partial charge >= 0.3 is 0 Å². The van der Waals surface area contributed by atoms with E-state index >= 15 is 0 Å². The molecular formula is C33H46N2O6. The van der Waals surface area contributed by atoms with E-state index in [1.54, 1.807) is 42.3 Å². The smallest absolute Gasteiger partial charge is 0.295 e. The maximum atomic E-state index is 13.5. The molecule has 1 aliphatic rings. The third-order valence-corrected chi connectivity index (χ3v) is 7.36. The van der Waals surface area contributed by atoms with Crippen LogP contribution in [0.5, 0.6) is 17.2 Å². The lowest BCUT2D eigenvalue weighted by atomic mass is 9.95. The Hall–Kier alpha value is -3.52. The highest BCUT2D eigenvalue weighted by atomic mass is 16.5. The van der Waals surface area contributed by atoms with Crippen molar-refractivity contribution in [2.45, 2.75) is 59.9 Å². The summed E-state index contributed by atoms with van der Waals surface area (Å²) in [6, 6.07) is 11.6. The number of methoxy groups -OCH3 is 1. The molecule has 0 spiro atoms. The van der Waals surface area contributed by atoms with Crippen LogP contribution in [0.1, 0.15) is 71.0 Å². The lowest BCUT2D eigenvalue weighted by molar-refractivity contribution is -0.140. The Morgan fingerprint density at radius 3 is 2.29 bits per heavy atom. The number of nitrogens with zero attached hydrogens (tertiary/aromatic N) is 2. The number of aliphatic hydroxyl groups excluding tert-OH is 1. The third-order valence-electron chi connectivity index (χ3n) is 7.36. The Bertz CT molecular complexity index is 1190. The standard InChI is InChI=1S/C33H46N2O6/c1-7-20-40-26-14-11-24(12-15-26)31(36)29-30(35(33(38)32(29)37)19-10-18-34(8-2)9-3)25-13-16-27(28(22-25)39-6)41-21-17-23(4)5/h11-16,22-23,30,36H,7-10,17-21H2,1-6H3/t30-/m0/s1. The summed E-state index contributed by atoms with van der Waals surface area (Å²) < 4.78 is 17.3. The fraction of sp³-hybridized carbons (Fsp3) is 0.515. The molecule has 8 heteroatoms. The number of carbonyl (C=O) groups excluding carboxylic acids is 2. The van der Waals surface area contributed by atoms with Gasteiger partial charge in [-0.25, -0.2) is 0 Å². The molecule has 0 aromatic heterocycles. The van der Waals surface area contributed by atoms with Crippen LogP contribution in [0.3, 0.4) is 0 Å². The molecule has 0 saturated carbocycles. The predicted octanol–water partition coefficient (Wildman–Crippen LogP) is 6.06. The molecule has 0 bridgehead atoms. The SMILES string of the molecule is CCCOc1ccc(C(O)=C2C(=O)C(=O)N(CCCN(CC)CC)[C@H]2c2ccc(OCCC(C)C)c(OC)c2)cc1.